The van der Waals surface area contributed by atoms with Gasteiger partial charge in [0.05, 0.1) is 25.2 Å². The van der Waals surface area contributed by atoms with E-state index >= 15 is 0 Å². The van der Waals surface area contributed by atoms with Gasteiger partial charge in [-0.25, -0.2) is 8.42 Å². The molecule has 30 heavy (non-hydrogen) atoms. The summed E-state index contributed by atoms with van der Waals surface area (Å²) in [6.45, 7) is 2.64. The number of rotatable bonds is 9. The Balaban J connectivity index is 1.70. The molecule has 1 saturated heterocycles. The molecule has 3 rings (SSSR count). The highest BCUT2D eigenvalue weighted by Gasteiger charge is 2.34. The van der Waals surface area contributed by atoms with Crippen LogP contribution in [0.3, 0.4) is 0 Å². The highest BCUT2D eigenvalue weighted by atomic mass is 32.2. The molecule has 0 saturated carbocycles. The van der Waals surface area contributed by atoms with Gasteiger partial charge in [0.15, 0.2) is 16.4 Å². The van der Waals surface area contributed by atoms with Crippen LogP contribution in [-0.2, 0) is 21.2 Å². The molecule has 2 aromatic rings. The predicted molar refractivity (Wildman–Crippen MR) is 114 cm³/mol. The summed E-state index contributed by atoms with van der Waals surface area (Å²) in [4.78, 5) is 14.6. The van der Waals surface area contributed by atoms with E-state index in [1.54, 1.807) is 36.3 Å². The largest absolute Gasteiger partial charge is 0.497 e. The minimum absolute atomic E-state index is 0.0156. The Bertz CT molecular complexity index is 941. The number of carbonyl (C=O) groups excluding carboxylic acids is 1. The normalized spacial score (nSPS) is 17.3. The summed E-state index contributed by atoms with van der Waals surface area (Å²) in [5.41, 5.74) is 0.903. The molecule has 8 heteroatoms. The zero-order valence-electron chi connectivity index (χ0n) is 17.2. The van der Waals surface area contributed by atoms with Crippen LogP contribution in [0.15, 0.2) is 48.5 Å². The fourth-order valence-electron chi connectivity index (χ4n) is 3.40. The second-order valence-electron chi connectivity index (χ2n) is 7.12. The molecule has 7 nitrogen and oxygen atoms in total. The maximum atomic E-state index is 13.0. The minimum Gasteiger partial charge on any atom is -0.497 e. The molecule has 2 aromatic carbocycles. The van der Waals surface area contributed by atoms with E-state index in [2.05, 4.69) is 0 Å². The molecule has 1 aliphatic heterocycles. The van der Waals surface area contributed by atoms with Gasteiger partial charge in [-0.15, -0.1) is 0 Å². The van der Waals surface area contributed by atoms with Crippen molar-refractivity contribution in [3.63, 3.8) is 0 Å². The number of amides is 1. The Kier molecular flexibility index (Phi) is 7.20. The summed E-state index contributed by atoms with van der Waals surface area (Å²) >= 11 is 0. The van der Waals surface area contributed by atoms with Crippen molar-refractivity contribution < 1.29 is 27.4 Å². The topological polar surface area (TPSA) is 82.1 Å². The lowest BCUT2D eigenvalue weighted by Crippen LogP contribution is -2.43. The second-order valence-corrected chi connectivity index (χ2v) is 9.35. The van der Waals surface area contributed by atoms with Crippen LogP contribution >= 0.6 is 0 Å². The summed E-state index contributed by atoms with van der Waals surface area (Å²) in [5, 5.41) is 0. The lowest BCUT2D eigenvalue weighted by molar-refractivity contribution is -0.136. The highest BCUT2D eigenvalue weighted by molar-refractivity contribution is 7.91. The number of carbonyl (C=O) groups is 1. The molecule has 0 radical (unpaired) electrons. The van der Waals surface area contributed by atoms with Gasteiger partial charge in [-0.2, -0.15) is 0 Å². The van der Waals surface area contributed by atoms with Crippen molar-refractivity contribution in [3.8, 4) is 17.2 Å². The van der Waals surface area contributed by atoms with Crippen LogP contribution in [0.5, 0.6) is 17.2 Å². The third-order valence-electron chi connectivity index (χ3n) is 4.98. The van der Waals surface area contributed by atoms with Gasteiger partial charge in [0.25, 0.3) is 5.91 Å². The first-order valence-corrected chi connectivity index (χ1v) is 11.7. The van der Waals surface area contributed by atoms with Gasteiger partial charge < -0.3 is 19.1 Å². The van der Waals surface area contributed by atoms with E-state index in [0.29, 0.717) is 31.1 Å². The van der Waals surface area contributed by atoms with E-state index in [1.165, 1.54) is 0 Å². The quantitative estimate of drug-likeness (QED) is 0.605. The number of hydrogen-bond acceptors (Lipinski definition) is 6. The molecule has 1 fully saturated rings. The third kappa shape index (κ3) is 5.89. The summed E-state index contributed by atoms with van der Waals surface area (Å²) in [6.07, 6.45) is 0.438. The molecule has 1 unspecified atom stereocenters. The monoisotopic (exact) mass is 433 g/mol. The Labute approximate surface area is 177 Å². The van der Waals surface area contributed by atoms with Crippen LogP contribution in [0.25, 0.3) is 0 Å². The SMILES string of the molecule is CCOc1ccc(CN(C(=O)COc2ccc(OC)cc2)C2CCS(=O)(=O)C2)cc1. The molecular formula is C22H27NO6S. The number of sulfone groups is 1. The summed E-state index contributed by atoms with van der Waals surface area (Å²) in [5.74, 6) is 1.83. The molecule has 0 aromatic heterocycles. The van der Waals surface area contributed by atoms with Crippen molar-refractivity contribution in [2.75, 3.05) is 31.8 Å². The molecule has 1 atom stereocenters. The summed E-state index contributed by atoms with van der Waals surface area (Å²) in [6, 6.07) is 14.1. The first-order chi connectivity index (χ1) is 14.4. The third-order valence-corrected chi connectivity index (χ3v) is 6.73. The molecule has 0 bridgehead atoms. The Morgan fingerprint density at radius 2 is 1.60 bits per heavy atom. The van der Waals surface area contributed by atoms with Crippen molar-refractivity contribution in [2.45, 2.75) is 25.9 Å². The first kappa shape index (κ1) is 22.0. The number of methoxy groups -OCH3 is 1. The van der Waals surface area contributed by atoms with Crippen LogP contribution in [0, 0.1) is 0 Å². The first-order valence-electron chi connectivity index (χ1n) is 9.88. The zero-order chi connectivity index (χ0) is 21.6. The maximum Gasteiger partial charge on any atom is 0.261 e. The standard InChI is InChI=1S/C22H27NO6S/c1-3-28-20-6-4-17(5-7-20)14-23(18-12-13-30(25,26)16-18)22(24)15-29-21-10-8-19(27-2)9-11-21/h4-11,18H,3,12-16H2,1-2H3. The van der Waals surface area contributed by atoms with E-state index in [1.807, 2.05) is 31.2 Å². The van der Waals surface area contributed by atoms with E-state index in [-0.39, 0.29) is 30.1 Å². The summed E-state index contributed by atoms with van der Waals surface area (Å²) < 4.78 is 40.2. The maximum absolute atomic E-state index is 13.0. The van der Waals surface area contributed by atoms with Gasteiger partial charge in [0.1, 0.15) is 17.2 Å². The molecule has 0 N–H and O–H groups in total. The molecule has 1 amide bonds. The Morgan fingerprint density at radius 3 is 2.17 bits per heavy atom. The van der Waals surface area contributed by atoms with Gasteiger partial charge in [0, 0.05) is 12.6 Å². The van der Waals surface area contributed by atoms with Gasteiger partial charge in [0.2, 0.25) is 0 Å². The molecule has 1 heterocycles. The highest BCUT2D eigenvalue weighted by Crippen LogP contribution is 2.22. The second kappa shape index (κ2) is 9.84. The average Bonchev–Trinajstić information content (AvgIpc) is 3.11. The fourth-order valence-corrected chi connectivity index (χ4v) is 5.13. The average molecular weight is 434 g/mol. The van der Waals surface area contributed by atoms with Crippen molar-refractivity contribution in [2.24, 2.45) is 0 Å². The predicted octanol–water partition coefficient (Wildman–Crippen LogP) is 2.69. The van der Waals surface area contributed by atoms with Crippen LogP contribution in [0.4, 0.5) is 0 Å². The van der Waals surface area contributed by atoms with Gasteiger partial charge >= 0.3 is 0 Å². The zero-order valence-corrected chi connectivity index (χ0v) is 18.1. The van der Waals surface area contributed by atoms with Crippen LogP contribution in [0.1, 0.15) is 18.9 Å². The van der Waals surface area contributed by atoms with Crippen molar-refractivity contribution in [1.82, 2.24) is 4.90 Å². The van der Waals surface area contributed by atoms with Crippen molar-refractivity contribution in [1.29, 1.82) is 0 Å². The number of hydrogen-bond donors (Lipinski definition) is 0. The van der Waals surface area contributed by atoms with E-state index < -0.39 is 9.84 Å². The smallest absolute Gasteiger partial charge is 0.261 e. The molecule has 1 aliphatic rings. The van der Waals surface area contributed by atoms with Gasteiger partial charge in [-0.1, -0.05) is 12.1 Å². The Morgan fingerprint density at radius 1 is 1.00 bits per heavy atom. The number of ether oxygens (including phenoxy) is 3. The van der Waals surface area contributed by atoms with Gasteiger partial charge in [-0.3, -0.25) is 4.79 Å². The van der Waals surface area contributed by atoms with Crippen molar-refractivity contribution >= 4 is 15.7 Å². The molecular weight excluding hydrogens is 406 g/mol. The lowest BCUT2D eigenvalue weighted by Gasteiger charge is -2.28. The van der Waals surface area contributed by atoms with E-state index in [4.69, 9.17) is 14.2 Å². The van der Waals surface area contributed by atoms with Crippen LogP contribution < -0.4 is 14.2 Å². The number of nitrogens with zero attached hydrogens (tertiary/aromatic N) is 1. The number of benzene rings is 2. The minimum atomic E-state index is -3.12. The van der Waals surface area contributed by atoms with E-state index in [9.17, 15) is 13.2 Å². The van der Waals surface area contributed by atoms with Crippen LogP contribution in [-0.4, -0.2) is 57.1 Å². The Hall–Kier alpha value is -2.74. The van der Waals surface area contributed by atoms with Gasteiger partial charge in [-0.05, 0) is 55.3 Å². The van der Waals surface area contributed by atoms with E-state index in [0.717, 1.165) is 11.3 Å². The van der Waals surface area contributed by atoms with Crippen LogP contribution in [0.2, 0.25) is 0 Å². The molecule has 0 aliphatic carbocycles. The van der Waals surface area contributed by atoms with Crippen molar-refractivity contribution in [3.05, 3.63) is 54.1 Å². The lowest BCUT2D eigenvalue weighted by atomic mass is 10.1. The summed E-state index contributed by atoms with van der Waals surface area (Å²) in [7, 11) is -1.55. The molecule has 0 spiro atoms. The fraction of sp³-hybridized carbons (Fsp3) is 0.409. The molecule has 162 valence electrons.